The molecule has 2 aromatic carbocycles. The van der Waals surface area contributed by atoms with Crippen molar-refractivity contribution in [3.05, 3.63) is 64.4 Å². The van der Waals surface area contributed by atoms with Crippen molar-refractivity contribution in [2.24, 2.45) is 11.8 Å². The molecule has 0 saturated carbocycles. The highest BCUT2D eigenvalue weighted by Crippen LogP contribution is 2.38. The summed E-state index contributed by atoms with van der Waals surface area (Å²) >= 11 is 5.80. The Kier molecular flexibility index (Phi) is 7.10. The second kappa shape index (κ2) is 8.95. The second-order valence-electron chi connectivity index (χ2n) is 7.26. The van der Waals surface area contributed by atoms with E-state index in [1.165, 1.54) is 36.4 Å². The Balaban J connectivity index is 2.36. The fourth-order valence-electron chi connectivity index (χ4n) is 3.00. The van der Waals surface area contributed by atoms with Crippen molar-refractivity contribution in [3.63, 3.8) is 0 Å². The molecule has 2 aromatic rings. The van der Waals surface area contributed by atoms with E-state index in [0.29, 0.717) is 17.4 Å². The monoisotopic (exact) mass is 415 g/mol. The molecule has 0 bridgehead atoms. The molecule has 0 fully saturated rings. The highest BCUT2D eigenvalue weighted by molar-refractivity contribution is 6.30. The third-order valence-corrected chi connectivity index (χ3v) is 4.71. The van der Waals surface area contributed by atoms with Crippen LogP contribution in [0.1, 0.15) is 37.8 Å². The van der Waals surface area contributed by atoms with Gasteiger partial charge in [-0.2, -0.15) is 13.2 Å². The number of carbonyl (C=O) groups is 1. The minimum absolute atomic E-state index is 0.128. The summed E-state index contributed by atoms with van der Waals surface area (Å²) in [5.41, 5.74) is 0.820. The topological polar surface area (TPSA) is 29.1 Å². The summed E-state index contributed by atoms with van der Waals surface area (Å²) in [6.45, 7) is 4.91. The van der Waals surface area contributed by atoms with Crippen molar-refractivity contribution in [1.29, 1.82) is 0 Å². The van der Waals surface area contributed by atoms with Gasteiger partial charge < -0.3 is 5.32 Å². The van der Waals surface area contributed by atoms with Crippen LogP contribution in [0, 0.1) is 17.7 Å². The average Bonchev–Trinajstić information content (AvgIpc) is 2.58. The standard InChI is InChI=1S/C21H22ClF4NO/c1-12(2)10-14-4-9-17(23)18(11-14)27-20(28)19(13(3)21(24,25)26)15-5-7-16(22)8-6-15/h4-9,11-13,19H,10H2,1-3H3,(H,27,28)/t13-,19?/m1/s1. The van der Waals surface area contributed by atoms with Crippen LogP contribution in [0.4, 0.5) is 23.2 Å². The van der Waals surface area contributed by atoms with E-state index in [4.69, 9.17) is 11.6 Å². The first-order chi connectivity index (χ1) is 13.0. The Hall–Kier alpha value is -2.08. The molecule has 0 spiro atoms. The maximum Gasteiger partial charge on any atom is 0.392 e. The van der Waals surface area contributed by atoms with E-state index in [1.54, 1.807) is 6.07 Å². The largest absolute Gasteiger partial charge is 0.392 e. The van der Waals surface area contributed by atoms with Gasteiger partial charge in [-0.15, -0.1) is 0 Å². The Labute approximate surface area is 166 Å². The number of nitrogens with one attached hydrogen (secondary N) is 1. The van der Waals surface area contributed by atoms with E-state index in [1.807, 2.05) is 13.8 Å². The fraction of sp³-hybridized carbons (Fsp3) is 0.381. The second-order valence-corrected chi connectivity index (χ2v) is 7.70. The van der Waals surface area contributed by atoms with Crippen LogP contribution in [-0.2, 0) is 11.2 Å². The number of benzene rings is 2. The molecule has 1 amide bonds. The summed E-state index contributed by atoms with van der Waals surface area (Å²) in [6, 6.07) is 9.86. The fourth-order valence-corrected chi connectivity index (χ4v) is 3.13. The number of halogens is 5. The van der Waals surface area contributed by atoms with Gasteiger partial charge in [0, 0.05) is 5.02 Å². The summed E-state index contributed by atoms with van der Waals surface area (Å²) < 4.78 is 54.3. The summed E-state index contributed by atoms with van der Waals surface area (Å²) in [6.07, 6.45) is -3.94. The summed E-state index contributed by atoms with van der Waals surface area (Å²) in [5.74, 6) is -4.81. The van der Waals surface area contributed by atoms with Crippen molar-refractivity contribution >= 4 is 23.2 Å². The van der Waals surface area contributed by atoms with Gasteiger partial charge in [0.1, 0.15) is 5.82 Å². The molecular weight excluding hydrogens is 394 g/mol. The Morgan fingerprint density at radius 3 is 2.21 bits per heavy atom. The zero-order valence-corrected chi connectivity index (χ0v) is 16.5. The normalized spacial score (nSPS) is 14.0. The highest BCUT2D eigenvalue weighted by atomic mass is 35.5. The first kappa shape index (κ1) is 22.2. The van der Waals surface area contributed by atoms with Crippen LogP contribution in [0.15, 0.2) is 42.5 Å². The van der Waals surface area contributed by atoms with Crippen molar-refractivity contribution in [3.8, 4) is 0 Å². The SMILES string of the molecule is CC(C)Cc1ccc(F)c(NC(=O)C(c2ccc(Cl)cc2)[C@@H](C)C(F)(F)F)c1. The maximum absolute atomic E-state index is 14.2. The van der Waals surface area contributed by atoms with Crippen LogP contribution >= 0.6 is 11.6 Å². The molecule has 2 atom stereocenters. The van der Waals surface area contributed by atoms with Crippen LogP contribution < -0.4 is 5.32 Å². The molecular formula is C21H22ClF4NO. The third kappa shape index (κ3) is 5.71. The van der Waals surface area contributed by atoms with E-state index in [0.717, 1.165) is 12.5 Å². The smallest absolute Gasteiger partial charge is 0.323 e. The number of hydrogen-bond acceptors (Lipinski definition) is 1. The van der Waals surface area contributed by atoms with Gasteiger partial charge in [-0.1, -0.05) is 50.6 Å². The molecule has 1 unspecified atom stereocenters. The Morgan fingerprint density at radius 2 is 1.68 bits per heavy atom. The number of hydrogen-bond donors (Lipinski definition) is 1. The van der Waals surface area contributed by atoms with Crippen molar-refractivity contribution in [1.82, 2.24) is 0 Å². The first-order valence-electron chi connectivity index (χ1n) is 8.90. The van der Waals surface area contributed by atoms with Gasteiger partial charge in [-0.3, -0.25) is 4.79 Å². The van der Waals surface area contributed by atoms with Gasteiger partial charge >= 0.3 is 6.18 Å². The summed E-state index contributed by atoms with van der Waals surface area (Å²) in [7, 11) is 0. The van der Waals surface area contributed by atoms with Crippen LogP contribution in [0.2, 0.25) is 5.02 Å². The van der Waals surface area contributed by atoms with Crippen molar-refractivity contribution in [2.75, 3.05) is 5.32 Å². The minimum Gasteiger partial charge on any atom is -0.323 e. The molecule has 0 aromatic heterocycles. The lowest BCUT2D eigenvalue weighted by molar-refractivity contribution is -0.178. The predicted octanol–water partition coefficient (Wildman–Crippen LogP) is 6.60. The van der Waals surface area contributed by atoms with Crippen LogP contribution in [0.3, 0.4) is 0 Å². The Morgan fingerprint density at radius 1 is 1.07 bits per heavy atom. The first-order valence-corrected chi connectivity index (χ1v) is 9.28. The molecule has 0 heterocycles. The quantitative estimate of drug-likeness (QED) is 0.529. The lowest BCUT2D eigenvalue weighted by atomic mass is 9.85. The predicted molar refractivity (Wildman–Crippen MR) is 103 cm³/mol. The van der Waals surface area contributed by atoms with Gasteiger partial charge in [0.15, 0.2) is 0 Å². The number of alkyl halides is 3. The van der Waals surface area contributed by atoms with E-state index in [9.17, 15) is 22.4 Å². The number of amides is 1. The molecule has 7 heteroatoms. The van der Waals surface area contributed by atoms with Gasteiger partial charge in [0.25, 0.3) is 0 Å². The highest BCUT2D eigenvalue weighted by Gasteiger charge is 2.45. The van der Waals surface area contributed by atoms with Crippen LogP contribution in [-0.4, -0.2) is 12.1 Å². The van der Waals surface area contributed by atoms with E-state index >= 15 is 0 Å². The molecule has 2 rings (SSSR count). The van der Waals surface area contributed by atoms with Crippen LogP contribution in [0.25, 0.3) is 0 Å². The zero-order valence-electron chi connectivity index (χ0n) is 15.8. The van der Waals surface area contributed by atoms with Crippen molar-refractivity contribution < 1.29 is 22.4 Å². The average molecular weight is 416 g/mol. The lowest BCUT2D eigenvalue weighted by Crippen LogP contribution is -2.34. The number of rotatable bonds is 6. The van der Waals surface area contributed by atoms with Gasteiger partial charge in [-0.25, -0.2) is 4.39 Å². The van der Waals surface area contributed by atoms with E-state index in [2.05, 4.69) is 5.32 Å². The van der Waals surface area contributed by atoms with E-state index in [-0.39, 0.29) is 11.3 Å². The summed E-state index contributed by atoms with van der Waals surface area (Å²) in [4.78, 5) is 12.8. The third-order valence-electron chi connectivity index (χ3n) is 4.46. The zero-order chi connectivity index (χ0) is 21.1. The number of carbonyl (C=O) groups excluding carboxylic acids is 1. The maximum atomic E-state index is 14.2. The molecule has 0 aliphatic rings. The van der Waals surface area contributed by atoms with Gasteiger partial charge in [0.05, 0.1) is 17.5 Å². The summed E-state index contributed by atoms with van der Waals surface area (Å²) in [5, 5.41) is 2.69. The number of anilines is 1. The molecule has 0 radical (unpaired) electrons. The minimum atomic E-state index is -4.60. The molecule has 1 N–H and O–H groups in total. The van der Waals surface area contributed by atoms with Gasteiger partial charge in [0.2, 0.25) is 5.91 Å². The van der Waals surface area contributed by atoms with Crippen LogP contribution in [0.5, 0.6) is 0 Å². The Bertz CT molecular complexity index is 818. The van der Waals surface area contributed by atoms with E-state index < -0.39 is 29.7 Å². The molecule has 152 valence electrons. The molecule has 2 nitrogen and oxygen atoms in total. The van der Waals surface area contributed by atoms with Crippen molar-refractivity contribution in [2.45, 2.75) is 39.3 Å². The van der Waals surface area contributed by atoms with Gasteiger partial charge in [-0.05, 0) is 47.7 Å². The molecule has 0 aliphatic carbocycles. The molecule has 0 saturated heterocycles. The molecule has 28 heavy (non-hydrogen) atoms. The lowest BCUT2D eigenvalue weighted by Gasteiger charge is -2.26. The molecule has 0 aliphatic heterocycles.